The monoisotopic (exact) mass is 243 g/mol. The third-order valence-electron chi connectivity index (χ3n) is 1.96. The van der Waals surface area contributed by atoms with Crippen LogP contribution in [0.2, 0.25) is 0 Å². The molecule has 1 amide bonds. The van der Waals surface area contributed by atoms with Crippen LogP contribution in [0.1, 0.15) is 26.7 Å². The molecule has 0 fully saturated rings. The third-order valence-corrected chi connectivity index (χ3v) is 2.92. The van der Waals surface area contributed by atoms with Gasteiger partial charge in [0.25, 0.3) is 0 Å². The number of H-pyrrole nitrogens is 1. The highest BCUT2D eigenvalue weighted by Gasteiger charge is 2.15. The maximum atomic E-state index is 11.6. The van der Waals surface area contributed by atoms with Crippen LogP contribution >= 0.6 is 11.8 Å². The van der Waals surface area contributed by atoms with Gasteiger partial charge >= 0.3 is 0 Å². The zero-order valence-electron chi connectivity index (χ0n) is 9.49. The summed E-state index contributed by atoms with van der Waals surface area (Å²) in [5.74, 6) is 0.267. The highest BCUT2D eigenvalue weighted by Crippen LogP contribution is 2.19. The van der Waals surface area contributed by atoms with E-state index >= 15 is 0 Å². The van der Waals surface area contributed by atoms with Gasteiger partial charge in [-0.1, -0.05) is 25.1 Å². The summed E-state index contributed by atoms with van der Waals surface area (Å²) in [4.78, 5) is 15.5. The van der Waals surface area contributed by atoms with E-state index in [1.165, 1.54) is 11.8 Å². The second kappa shape index (κ2) is 6.37. The number of nitrogen functional groups attached to an aromatic ring is 1. The van der Waals surface area contributed by atoms with Gasteiger partial charge < -0.3 is 11.1 Å². The van der Waals surface area contributed by atoms with Crippen LogP contribution in [-0.2, 0) is 4.79 Å². The second-order valence-electron chi connectivity index (χ2n) is 3.41. The fourth-order valence-electron chi connectivity index (χ4n) is 1.05. The minimum Gasteiger partial charge on any atom is -0.368 e. The van der Waals surface area contributed by atoms with Crippen LogP contribution in [0.25, 0.3) is 0 Å². The summed E-state index contributed by atoms with van der Waals surface area (Å²) < 4.78 is 0. The number of carbonyl (C=O) groups excluding carboxylic acids is 1. The number of nitrogens with zero attached hydrogens (tertiary/aromatic N) is 2. The minimum atomic E-state index is -0.216. The summed E-state index contributed by atoms with van der Waals surface area (Å²) in [6.07, 6.45) is 2.07. The summed E-state index contributed by atoms with van der Waals surface area (Å²) in [7, 11) is 0. The van der Waals surface area contributed by atoms with Crippen molar-refractivity contribution in [2.45, 2.75) is 37.1 Å². The molecule has 1 aromatic heterocycles. The van der Waals surface area contributed by atoms with Gasteiger partial charge in [-0.05, 0) is 13.3 Å². The molecule has 1 unspecified atom stereocenters. The van der Waals surface area contributed by atoms with E-state index in [9.17, 15) is 4.79 Å². The highest BCUT2D eigenvalue weighted by atomic mass is 32.2. The van der Waals surface area contributed by atoms with Crippen molar-refractivity contribution < 1.29 is 4.79 Å². The van der Waals surface area contributed by atoms with E-state index in [2.05, 4.69) is 27.4 Å². The van der Waals surface area contributed by atoms with Gasteiger partial charge in [-0.25, -0.2) is 5.10 Å². The largest absolute Gasteiger partial charge is 0.368 e. The van der Waals surface area contributed by atoms with Gasteiger partial charge in [0.15, 0.2) is 0 Å². The lowest BCUT2D eigenvalue weighted by Gasteiger charge is -2.09. The molecule has 16 heavy (non-hydrogen) atoms. The molecule has 7 heteroatoms. The second-order valence-corrected chi connectivity index (χ2v) is 4.72. The Morgan fingerprint density at radius 2 is 2.44 bits per heavy atom. The molecule has 0 spiro atoms. The summed E-state index contributed by atoms with van der Waals surface area (Å²) in [6.45, 7) is 4.62. The molecular weight excluding hydrogens is 226 g/mol. The lowest BCUT2D eigenvalue weighted by Crippen LogP contribution is -2.31. The van der Waals surface area contributed by atoms with Crippen LogP contribution < -0.4 is 11.1 Å². The molecule has 6 nitrogen and oxygen atoms in total. The van der Waals surface area contributed by atoms with Gasteiger partial charge in [-0.3, -0.25) is 4.79 Å². The van der Waals surface area contributed by atoms with E-state index in [1.807, 2.05) is 6.92 Å². The molecule has 0 saturated carbocycles. The normalized spacial score (nSPS) is 12.4. The van der Waals surface area contributed by atoms with Gasteiger partial charge in [0.05, 0.1) is 5.25 Å². The molecule has 0 saturated heterocycles. The SMILES string of the molecule is CCCCNC(=O)C(C)Sc1n[nH]c(N)n1. The Morgan fingerprint density at radius 1 is 1.69 bits per heavy atom. The molecule has 0 aromatic carbocycles. The van der Waals surface area contributed by atoms with Crippen molar-refractivity contribution >= 4 is 23.6 Å². The van der Waals surface area contributed by atoms with Crippen molar-refractivity contribution in [3.8, 4) is 0 Å². The van der Waals surface area contributed by atoms with Crippen molar-refractivity contribution in [1.82, 2.24) is 20.5 Å². The number of aromatic nitrogens is 3. The lowest BCUT2D eigenvalue weighted by molar-refractivity contribution is -0.120. The Balaban J connectivity index is 2.34. The van der Waals surface area contributed by atoms with E-state index in [1.54, 1.807) is 0 Å². The maximum absolute atomic E-state index is 11.6. The van der Waals surface area contributed by atoms with Crippen LogP contribution in [0.4, 0.5) is 5.95 Å². The number of unbranched alkanes of at least 4 members (excludes halogenated alkanes) is 1. The standard InChI is InChI=1S/C9H17N5OS/c1-3-4-5-11-7(15)6(2)16-9-12-8(10)13-14-9/h6H,3-5H2,1-2H3,(H,11,15)(H3,10,12,13,14). The van der Waals surface area contributed by atoms with Gasteiger partial charge in [-0.2, -0.15) is 4.98 Å². The van der Waals surface area contributed by atoms with E-state index in [-0.39, 0.29) is 17.1 Å². The van der Waals surface area contributed by atoms with E-state index in [0.29, 0.717) is 5.16 Å². The van der Waals surface area contributed by atoms with Gasteiger partial charge in [-0.15, -0.1) is 5.10 Å². The molecule has 0 aliphatic carbocycles. The van der Waals surface area contributed by atoms with E-state index < -0.39 is 0 Å². The summed E-state index contributed by atoms with van der Waals surface area (Å²) >= 11 is 1.29. The minimum absolute atomic E-state index is 0.00169. The number of hydrogen-bond donors (Lipinski definition) is 3. The smallest absolute Gasteiger partial charge is 0.233 e. The molecule has 1 rings (SSSR count). The first-order chi connectivity index (χ1) is 7.63. The Kier molecular flexibility index (Phi) is 5.10. The molecule has 1 atom stereocenters. The van der Waals surface area contributed by atoms with Crippen LogP contribution in [-0.4, -0.2) is 32.9 Å². The first kappa shape index (κ1) is 12.8. The number of nitrogens with two attached hydrogens (primary N) is 1. The predicted molar refractivity (Wildman–Crippen MR) is 64.0 cm³/mol. The molecule has 0 bridgehead atoms. The Labute approximate surface area is 98.8 Å². The van der Waals surface area contributed by atoms with Crippen LogP contribution in [0, 0.1) is 0 Å². The van der Waals surface area contributed by atoms with Crippen LogP contribution in [0.15, 0.2) is 5.16 Å². The molecule has 4 N–H and O–H groups in total. The predicted octanol–water partition coefficient (Wildman–Crippen LogP) is 0.784. The Hall–Kier alpha value is -1.24. The highest BCUT2D eigenvalue weighted by molar-refractivity contribution is 8.00. The van der Waals surface area contributed by atoms with Crippen molar-refractivity contribution in [3.05, 3.63) is 0 Å². The first-order valence-corrected chi connectivity index (χ1v) is 6.13. The number of thioether (sulfide) groups is 1. The zero-order valence-corrected chi connectivity index (χ0v) is 10.3. The van der Waals surface area contributed by atoms with Gasteiger partial charge in [0.2, 0.25) is 17.0 Å². The molecule has 1 heterocycles. The van der Waals surface area contributed by atoms with Crippen LogP contribution in [0.5, 0.6) is 0 Å². The summed E-state index contributed by atoms with van der Waals surface area (Å²) in [5.41, 5.74) is 5.39. The zero-order chi connectivity index (χ0) is 12.0. The fourth-order valence-corrected chi connectivity index (χ4v) is 1.81. The summed E-state index contributed by atoms with van der Waals surface area (Å²) in [5, 5.41) is 9.52. The molecular formula is C9H17N5OS. The van der Waals surface area contributed by atoms with Gasteiger partial charge in [0, 0.05) is 6.54 Å². The van der Waals surface area contributed by atoms with Crippen LogP contribution in [0.3, 0.4) is 0 Å². The van der Waals surface area contributed by atoms with E-state index in [0.717, 1.165) is 19.4 Å². The molecule has 0 aliphatic heterocycles. The molecule has 90 valence electrons. The van der Waals surface area contributed by atoms with E-state index in [4.69, 9.17) is 5.73 Å². The Morgan fingerprint density at radius 3 is 3.00 bits per heavy atom. The molecule has 1 aromatic rings. The number of amides is 1. The number of nitrogens with one attached hydrogen (secondary N) is 2. The summed E-state index contributed by atoms with van der Waals surface area (Å²) in [6, 6.07) is 0. The number of rotatable bonds is 6. The average molecular weight is 243 g/mol. The average Bonchev–Trinajstić information content (AvgIpc) is 2.64. The number of aromatic amines is 1. The molecule has 0 radical (unpaired) electrons. The lowest BCUT2D eigenvalue weighted by atomic mass is 10.3. The maximum Gasteiger partial charge on any atom is 0.233 e. The number of anilines is 1. The van der Waals surface area contributed by atoms with Crippen molar-refractivity contribution in [2.75, 3.05) is 12.3 Å². The fraction of sp³-hybridized carbons (Fsp3) is 0.667. The van der Waals surface area contributed by atoms with Crippen molar-refractivity contribution in [2.24, 2.45) is 0 Å². The van der Waals surface area contributed by atoms with Crippen molar-refractivity contribution in [3.63, 3.8) is 0 Å². The van der Waals surface area contributed by atoms with Gasteiger partial charge in [0.1, 0.15) is 0 Å². The third kappa shape index (κ3) is 4.09. The number of carbonyl (C=O) groups is 1. The Bertz CT molecular complexity index is 340. The quantitative estimate of drug-likeness (QED) is 0.507. The molecule has 0 aliphatic rings. The van der Waals surface area contributed by atoms with Crippen molar-refractivity contribution in [1.29, 1.82) is 0 Å². The first-order valence-electron chi connectivity index (χ1n) is 5.25. The number of hydrogen-bond acceptors (Lipinski definition) is 5. The topological polar surface area (TPSA) is 96.7 Å².